The van der Waals surface area contributed by atoms with Crippen molar-refractivity contribution in [2.75, 3.05) is 14.2 Å². The molecule has 2 aliphatic heterocycles. The number of H-pyrrole nitrogens is 2. The number of hydrogen-bond donors (Lipinski definition) is 4. The molecule has 4 N–H and O–H groups in total. The van der Waals surface area contributed by atoms with E-state index in [-0.39, 0.29) is 59.5 Å². The van der Waals surface area contributed by atoms with E-state index in [0.717, 1.165) is 157 Å². The number of methoxy groups -OCH3 is 2. The van der Waals surface area contributed by atoms with Crippen LogP contribution in [-0.4, -0.2) is 92.1 Å². The fourth-order valence-electron chi connectivity index (χ4n) is 14.3. The average molecular weight is 1030 g/mol. The number of aromatic nitrogens is 4. The lowest BCUT2D eigenvalue weighted by atomic mass is 9.84. The third-order valence-corrected chi connectivity index (χ3v) is 18.4. The summed E-state index contributed by atoms with van der Waals surface area (Å²) in [6.45, 7) is 0. The highest BCUT2D eigenvalue weighted by molar-refractivity contribution is 5.89. The van der Waals surface area contributed by atoms with E-state index in [1.807, 2.05) is 46.2 Å². The van der Waals surface area contributed by atoms with Crippen LogP contribution in [0.15, 0.2) is 60.7 Å². The minimum absolute atomic E-state index is 0.0678. The molecule has 6 fully saturated rings. The highest BCUT2D eigenvalue weighted by Crippen LogP contribution is 2.50. The van der Waals surface area contributed by atoms with E-state index < -0.39 is 24.3 Å². The third-order valence-electron chi connectivity index (χ3n) is 18.4. The van der Waals surface area contributed by atoms with Gasteiger partial charge in [-0.05, 0) is 194 Å². The Morgan fingerprint density at radius 3 is 1.39 bits per heavy atom. The molecule has 396 valence electrons. The van der Waals surface area contributed by atoms with Gasteiger partial charge in [0.15, 0.2) is 0 Å². The number of likely N-dealkylation sites (tertiary alicyclic amines) is 2. The summed E-state index contributed by atoms with van der Waals surface area (Å²) in [7, 11) is 2.64. The highest BCUT2D eigenvalue weighted by Gasteiger charge is 2.52. The number of nitrogens with zero attached hydrogens (tertiary/aromatic N) is 4. The summed E-state index contributed by atoms with van der Waals surface area (Å²) < 4.78 is 42.9. The van der Waals surface area contributed by atoms with Gasteiger partial charge < -0.3 is 39.9 Å². The van der Waals surface area contributed by atoms with Gasteiger partial charge in [0, 0.05) is 12.1 Å². The molecule has 8 aliphatic carbocycles. The maximum atomic E-state index is 16.5. The van der Waals surface area contributed by atoms with Crippen molar-refractivity contribution in [3.8, 4) is 22.3 Å². The Bertz CT molecular complexity index is 3080. The smallest absolute Gasteiger partial charge is 0.407 e. The third kappa shape index (κ3) is 8.96. The van der Waals surface area contributed by atoms with Crippen LogP contribution in [0.1, 0.15) is 136 Å². The van der Waals surface area contributed by atoms with Crippen LogP contribution in [0.4, 0.5) is 18.4 Å². The summed E-state index contributed by atoms with van der Waals surface area (Å²) in [5.41, 5.74) is 8.97. The van der Waals surface area contributed by atoms with Gasteiger partial charge >= 0.3 is 12.2 Å². The Hall–Kier alpha value is -6.84. The molecule has 6 aromatic rings. The number of benzene rings is 4. The maximum absolute atomic E-state index is 16.5. The number of nitrogens with one attached hydrogen (secondary N) is 4. The number of rotatable bonds is 10. The van der Waals surface area contributed by atoms with Crippen molar-refractivity contribution in [3.63, 3.8) is 0 Å². The van der Waals surface area contributed by atoms with Crippen LogP contribution in [0.3, 0.4) is 0 Å². The van der Waals surface area contributed by atoms with Gasteiger partial charge in [-0.15, -0.1) is 0 Å². The second kappa shape index (κ2) is 19.6. The van der Waals surface area contributed by atoms with E-state index in [1.165, 1.54) is 14.2 Å². The van der Waals surface area contributed by atoms with Gasteiger partial charge in [0.05, 0.1) is 48.4 Å². The molecule has 8 atom stereocenters. The van der Waals surface area contributed by atoms with Gasteiger partial charge in [-0.3, -0.25) is 9.59 Å². The van der Waals surface area contributed by atoms with E-state index in [9.17, 15) is 19.2 Å². The second-order valence-corrected chi connectivity index (χ2v) is 23.0. The zero-order valence-corrected chi connectivity index (χ0v) is 43.3. The van der Waals surface area contributed by atoms with Crippen LogP contribution in [-0.2, 0) is 44.7 Å². The van der Waals surface area contributed by atoms with Crippen molar-refractivity contribution < 1.29 is 37.4 Å². The second-order valence-electron chi connectivity index (χ2n) is 23.0. The molecular formula is C60H66F2N8O6. The van der Waals surface area contributed by atoms with Gasteiger partial charge in [-0.1, -0.05) is 49.9 Å². The van der Waals surface area contributed by atoms with Crippen molar-refractivity contribution >= 4 is 46.1 Å². The average Bonchev–Trinajstić information content (AvgIpc) is 4.28. The lowest BCUT2D eigenvalue weighted by Gasteiger charge is -2.36. The first kappa shape index (κ1) is 48.8. The number of amides is 4. The molecule has 4 heterocycles. The first-order valence-electron chi connectivity index (χ1n) is 28.0. The minimum Gasteiger partial charge on any atom is -0.453 e. The monoisotopic (exact) mass is 1030 g/mol. The normalized spacial score (nSPS) is 24.9. The van der Waals surface area contributed by atoms with Crippen molar-refractivity contribution in [1.29, 1.82) is 0 Å². The number of carbonyl (C=O) groups is 4. The Morgan fingerprint density at radius 2 is 0.987 bits per heavy atom. The number of aryl methyl sites for hydroxylation is 2. The molecule has 10 aliphatic rings. The van der Waals surface area contributed by atoms with Gasteiger partial charge in [0.2, 0.25) is 11.8 Å². The number of alkyl carbamates (subject to hydrolysis) is 2. The molecule has 16 rings (SSSR count). The molecule has 14 nitrogen and oxygen atoms in total. The molecule has 4 aromatic carbocycles. The first-order valence-corrected chi connectivity index (χ1v) is 28.0. The predicted octanol–water partition coefficient (Wildman–Crippen LogP) is 10.9. The minimum atomic E-state index is -0.641. The van der Waals surface area contributed by atoms with Crippen molar-refractivity contribution in [2.45, 2.75) is 152 Å². The number of halogens is 2. The molecule has 2 saturated heterocycles. The predicted molar refractivity (Wildman–Crippen MR) is 282 cm³/mol. The van der Waals surface area contributed by atoms with Crippen LogP contribution in [0.25, 0.3) is 44.3 Å². The van der Waals surface area contributed by atoms with E-state index in [4.69, 9.17) is 19.4 Å². The fraction of sp³-hybridized carbons (Fsp3) is 0.500. The van der Waals surface area contributed by atoms with E-state index in [0.29, 0.717) is 48.6 Å². The number of fused-ring (bicyclic) bond motifs is 4. The lowest BCUT2D eigenvalue weighted by molar-refractivity contribution is -0.138. The SMILES string of the molecule is COC(=O)N[C@H](C(=O)N1[C@H](c2nc3cc(-c4cc5cc(F)c4CCc4cc(F)c(c(-c6ccc7[nH]c([C@@H]8C[C@@H]9CCCC[C@@H]9N8C(=O)[C@@H](NC(=O)OC)C8CC8)nc7c6)c4)CC5)ccc3[nH]2)C[C@@H]2CCCC[C@@H]21)C1CC1. The molecule has 4 saturated carbocycles. The zero-order chi connectivity index (χ0) is 51.9. The van der Waals surface area contributed by atoms with E-state index in [1.54, 1.807) is 12.1 Å². The summed E-state index contributed by atoms with van der Waals surface area (Å²) >= 11 is 0. The standard InChI is InChI=1S/C60H66F2N8O6/c1-75-59(73)67-53(33-13-14-33)57(71)69-49-9-5-3-7-37(49)29-51(69)55-63-45-21-17-35(27-47(45)65-55)41-23-31-12-20-40-42(24-32(26-44(40)62)11-19-39(41)43(61)25-31)36-18-22-46-48(28-36)66-56(64-46)52-30-38-8-4-6-10-50(38)70(52)58(72)54(34-15-16-34)68-60(74)76-2/h17-18,21-28,33-34,37-38,49-54H,3-16,19-20,29-30H2,1-2H3,(H,63,65)(H,64,66)(H,67,73)(H,68,74)/t37-,38-,49-,50-,51-,52-,53-,54-/m0/s1. The molecule has 0 spiro atoms. The Labute approximate surface area is 440 Å². The van der Waals surface area contributed by atoms with Crippen LogP contribution in [0.5, 0.6) is 0 Å². The molecule has 2 aromatic heterocycles. The molecule has 0 radical (unpaired) electrons. The number of ether oxygens (including phenoxy) is 2. The quantitative estimate of drug-likeness (QED) is 0.105. The highest BCUT2D eigenvalue weighted by atomic mass is 19.1. The number of aromatic amines is 2. The van der Waals surface area contributed by atoms with Gasteiger partial charge in [0.1, 0.15) is 35.4 Å². The van der Waals surface area contributed by atoms with Crippen molar-refractivity contribution in [2.24, 2.45) is 23.7 Å². The number of carbonyl (C=O) groups excluding carboxylic acids is 4. The van der Waals surface area contributed by atoms with Crippen LogP contribution < -0.4 is 10.6 Å². The summed E-state index contributed by atoms with van der Waals surface area (Å²) in [5.74, 6) is 1.60. The Kier molecular flexibility index (Phi) is 12.6. The molecule has 4 bridgehead atoms. The fourth-order valence-corrected chi connectivity index (χ4v) is 14.3. The van der Waals surface area contributed by atoms with Gasteiger partial charge in [0.25, 0.3) is 0 Å². The van der Waals surface area contributed by atoms with Crippen LogP contribution in [0, 0.1) is 35.3 Å². The van der Waals surface area contributed by atoms with E-state index in [2.05, 4.69) is 32.7 Å². The summed E-state index contributed by atoms with van der Waals surface area (Å²) in [6, 6.07) is 17.6. The van der Waals surface area contributed by atoms with Crippen LogP contribution >= 0.6 is 0 Å². The molecule has 4 amide bonds. The molecule has 76 heavy (non-hydrogen) atoms. The lowest BCUT2D eigenvalue weighted by Crippen LogP contribution is -2.52. The first-order chi connectivity index (χ1) is 37.0. The molecule has 0 unspecified atom stereocenters. The molecular weight excluding hydrogens is 967 g/mol. The van der Waals surface area contributed by atoms with Gasteiger partial charge in [-0.2, -0.15) is 0 Å². The number of imidazole rings is 2. The maximum Gasteiger partial charge on any atom is 0.407 e. The van der Waals surface area contributed by atoms with Crippen molar-refractivity contribution in [1.82, 2.24) is 40.4 Å². The Morgan fingerprint density at radius 1 is 0.566 bits per heavy atom. The zero-order valence-electron chi connectivity index (χ0n) is 43.3. The number of hydrogen-bond acceptors (Lipinski definition) is 8. The summed E-state index contributed by atoms with van der Waals surface area (Å²) in [4.78, 5) is 75.5. The summed E-state index contributed by atoms with van der Waals surface area (Å²) in [6.07, 6.45) is 13.7. The van der Waals surface area contributed by atoms with E-state index >= 15 is 8.78 Å². The van der Waals surface area contributed by atoms with Crippen LogP contribution in [0.2, 0.25) is 0 Å². The Balaban J connectivity index is 0.778. The molecule has 16 heteroatoms. The summed E-state index contributed by atoms with van der Waals surface area (Å²) in [5, 5.41) is 5.72. The van der Waals surface area contributed by atoms with Gasteiger partial charge in [-0.25, -0.2) is 28.3 Å². The topological polar surface area (TPSA) is 175 Å². The van der Waals surface area contributed by atoms with Crippen molar-refractivity contribution in [3.05, 3.63) is 106 Å². The largest absolute Gasteiger partial charge is 0.453 e.